The van der Waals surface area contributed by atoms with E-state index >= 15 is 0 Å². The molecule has 4 nitrogen and oxygen atoms in total. The number of carbonyl (C=O) groups excluding carboxylic acids is 1. The first-order chi connectivity index (χ1) is 10.4. The summed E-state index contributed by atoms with van der Waals surface area (Å²) >= 11 is 6.05. The SMILES string of the molecule is Cc1cc(C(=O)[O-])oc1Cc1cc(Cl)ccc1OCC(C)C. The molecule has 118 valence electrons. The van der Waals surface area contributed by atoms with Crippen molar-refractivity contribution in [3.63, 3.8) is 0 Å². The third-order valence-electron chi connectivity index (χ3n) is 3.17. The summed E-state index contributed by atoms with van der Waals surface area (Å²) in [6, 6.07) is 6.85. The van der Waals surface area contributed by atoms with Crippen LogP contribution in [-0.4, -0.2) is 12.6 Å². The fourth-order valence-electron chi connectivity index (χ4n) is 2.05. The number of ether oxygens (including phenoxy) is 1. The van der Waals surface area contributed by atoms with Gasteiger partial charge in [-0.2, -0.15) is 0 Å². The molecule has 0 bridgehead atoms. The summed E-state index contributed by atoms with van der Waals surface area (Å²) in [5, 5.41) is 11.5. The van der Waals surface area contributed by atoms with Gasteiger partial charge in [0.1, 0.15) is 23.2 Å². The summed E-state index contributed by atoms with van der Waals surface area (Å²) in [6.07, 6.45) is 0.410. The fraction of sp³-hybridized carbons (Fsp3) is 0.353. The van der Waals surface area contributed by atoms with E-state index in [4.69, 9.17) is 20.8 Å². The number of halogens is 1. The van der Waals surface area contributed by atoms with Gasteiger partial charge < -0.3 is 19.1 Å². The lowest BCUT2D eigenvalue weighted by Gasteiger charge is -2.13. The van der Waals surface area contributed by atoms with Gasteiger partial charge in [-0.15, -0.1) is 0 Å². The van der Waals surface area contributed by atoms with Crippen molar-refractivity contribution in [2.45, 2.75) is 27.2 Å². The van der Waals surface area contributed by atoms with Crippen LogP contribution in [0.1, 0.15) is 41.3 Å². The zero-order valence-electron chi connectivity index (χ0n) is 12.8. The summed E-state index contributed by atoms with van der Waals surface area (Å²) in [5.41, 5.74) is 1.62. The van der Waals surface area contributed by atoms with E-state index < -0.39 is 5.97 Å². The summed E-state index contributed by atoms with van der Waals surface area (Å²) < 4.78 is 11.1. The van der Waals surface area contributed by atoms with Crippen LogP contribution in [0.3, 0.4) is 0 Å². The molecule has 0 saturated carbocycles. The van der Waals surface area contributed by atoms with E-state index in [9.17, 15) is 9.90 Å². The number of rotatable bonds is 6. The summed E-state index contributed by atoms with van der Waals surface area (Å²) in [4.78, 5) is 10.9. The molecule has 2 aromatic rings. The number of carboxylic acids is 1. The van der Waals surface area contributed by atoms with Crippen LogP contribution in [0.4, 0.5) is 0 Å². The Labute approximate surface area is 134 Å². The van der Waals surface area contributed by atoms with Crippen molar-refractivity contribution >= 4 is 17.6 Å². The van der Waals surface area contributed by atoms with E-state index in [-0.39, 0.29) is 5.76 Å². The van der Waals surface area contributed by atoms with Gasteiger partial charge >= 0.3 is 0 Å². The number of hydrogen-bond acceptors (Lipinski definition) is 4. The minimum Gasteiger partial charge on any atom is -0.542 e. The van der Waals surface area contributed by atoms with Crippen molar-refractivity contribution in [3.05, 3.63) is 51.9 Å². The number of furan rings is 1. The number of carbonyl (C=O) groups is 1. The van der Waals surface area contributed by atoms with Crippen LogP contribution >= 0.6 is 11.6 Å². The molecule has 0 saturated heterocycles. The van der Waals surface area contributed by atoms with E-state index in [2.05, 4.69) is 13.8 Å². The molecule has 2 rings (SSSR count). The Morgan fingerprint density at radius 3 is 2.68 bits per heavy atom. The minimum atomic E-state index is -1.32. The van der Waals surface area contributed by atoms with Gasteiger partial charge in [-0.3, -0.25) is 0 Å². The van der Waals surface area contributed by atoms with Crippen LogP contribution in [0.2, 0.25) is 5.02 Å². The van der Waals surface area contributed by atoms with Crippen molar-refractivity contribution in [3.8, 4) is 5.75 Å². The highest BCUT2D eigenvalue weighted by molar-refractivity contribution is 6.30. The van der Waals surface area contributed by atoms with Crippen LogP contribution in [-0.2, 0) is 6.42 Å². The topological polar surface area (TPSA) is 62.5 Å². The summed E-state index contributed by atoms with van der Waals surface area (Å²) in [6.45, 7) is 6.53. The molecule has 0 unspecified atom stereocenters. The highest BCUT2D eigenvalue weighted by Crippen LogP contribution is 2.28. The molecule has 1 aromatic heterocycles. The van der Waals surface area contributed by atoms with Gasteiger partial charge in [-0.1, -0.05) is 25.4 Å². The number of benzene rings is 1. The van der Waals surface area contributed by atoms with Crippen molar-refractivity contribution in [2.24, 2.45) is 5.92 Å². The van der Waals surface area contributed by atoms with Crippen molar-refractivity contribution in [2.75, 3.05) is 6.61 Å². The van der Waals surface area contributed by atoms with Gasteiger partial charge in [0.2, 0.25) is 0 Å². The third kappa shape index (κ3) is 4.04. The Kier molecular flexibility index (Phi) is 5.14. The monoisotopic (exact) mass is 321 g/mol. The maximum absolute atomic E-state index is 10.9. The molecule has 0 spiro atoms. The van der Waals surface area contributed by atoms with E-state index in [0.29, 0.717) is 29.7 Å². The third-order valence-corrected chi connectivity index (χ3v) is 3.40. The second kappa shape index (κ2) is 6.88. The zero-order valence-corrected chi connectivity index (χ0v) is 13.6. The van der Waals surface area contributed by atoms with E-state index in [1.807, 2.05) is 6.07 Å². The summed E-state index contributed by atoms with van der Waals surface area (Å²) in [7, 11) is 0. The Hall–Kier alpha value is -1.94. The molecule has 22 heavy (non-hydrogen) atoms. The zero-order chi connectivity index (χ0) is 16.3. The maximum Gasteiger partial charge on any atom is 0.150 e. The molecular weight excluding hydrogens is 304 g/mol. The molecule has 5 heteroatoms. The van der Waals surface area contributed by atoms with Crippen molar-refractivity contribution < 1.29 is 19.1 Å². The molecular formula is C17H18ClO4-. The van der Waals surface area contributed by atoms with Gasteiger partial charge in [0.05, 0.1) is 6.61 Å². The van der Waals surface area contributed by atoms with Crippen molar-refractivity contribution in [1.29, 1.82) is 0 Å². The van der Waals surface area contributed by atoms with Crippen LogP contribution in [0.15, 0.2) is 28.7 Å². The lowest BCUT2D eigenvalue weighted by Crippen LogP contribution is -2.21. The smallest absolute Gasteiger partial charge is 0.150 e. The van der Waals surface area contributed by atoms with Gasteiger partial charge in [0, 0.05) is 17.0 Å². The Morgan fingerprint density at radius 1 is 1.36 bits per heavy atom. The number of aromatic carboxylic acids is 1. The Balaban J connectivity index is 2.28. The molecule has 1 aromatic carbocycles. The van der Waals surface area contributed by atoms with Crippen LogP contribution < -0.4 is 9.84 Å². The van der Waals surface area contributed by atoms with Crippen LogP contribution in [0.25, 0.3) is 0 Å². The largest absolute Gasteiger partial charge is 0.542 e. The normalized spacial score (nSPS) is 11.0. The predicted octanol–water partition coefficient (Wildman–Crippen LogP) is 3.23. The molecule has 1 heterocycles. The maximum atomic E-state index is 10.9. The lowest BCUT2D eigenvalue weighted by molar-refractivity contribution is -0.257. The van der Waals surface area contributed by atoms with Gasteiger partial charge in [-0.05, 0) is 42.7 Å². The number of carboxylic acid groups (broad SMARTS) is 1. The standard InChI is InChI=1S/C17H19ClO4/c1-10(2)9-21-14-5-4-13(18)7-12(14)8-15-11(3)6-16(22-15)17(19)20/h4-7,10H,8-9H2,1-3H3,(H,19,20)/p-1. The molecule has 0 amide bonds. The molecule has 0 fully saturated rings. The molecule has 0 radical (unpaired) electrons. The Bertz CT molecular complexity index is 673. The van der Waals surface area contributed by atoms with E-state index in [1.54, 1.807) is 19.1 Å². The predicted molar refractivity (Wildman–Crippen MR) is 82.4 cm³/mol. The van der Waals surface area contributed by atoms with E-state index in [0.717, 1.165) is 16.9 Å². The lowest BCUT2D eigenvalue weighted by atomic mass is 10.1. The average molecular weight is 322 g/mol. The van der Waals surface area contributed by atoms with Crippen molar-refractivity contribution in [1.82, 2.24) is 0 Å². The highest BCUT2D eigenvalue weighted by Gasteiger charge is 2.13. The van der Waals surface area contributed by atoms with Gasteiger partial charge in [0.15, 0.2) is 0 Å². The van der Waals surface area contributed by atoms with Crippen LogP contribution in [0, 0.1) is 12.8 Å². The van der Waals surface area contributed by atoms with Crippen LogP contribution in [0.5, 0.6) is 5.75 Å². The first-order valence-corrected chi connectivity index (χ1v) is 7.46. The minimum absolute atomic E-state index is 0.167. The molecule has 0 atom stereocenters. The van der Waals surface area contributed by atoms with E-state index in [1.165, 1.54) is 6.07 Å². The average Bonchev–Trinajstić information content (AvgIpc) is 2.79. The van der Waals surface area contributed by atoms with Gasteiger partial charge in [0.25, 0.3) is 0 Å². The first-order valence-electron chi connectivity index (χ1n) is 7.08. The number of hydrogen-bond donors (Lipinski definition) is 0. The quantitative estimate of drug-likeness (QED) is 0.819. The fourth-order valence-corrected chi connectivity index (χ4v) is 2.25. The molecule has 0 N–H and O–H groups in total. The molecule has 0 aliphatic rings. The second-order valence-electron chi connectivity index (χ2n) is 5.64. The summed E-state index contributed by atoms with van der Waals surface area (Å²) in [5.74, 6) is 0.203. The molecule has 0 aliphatic heterocycles. The first kappa shape index (κ1) is 16.4. The molecule has 0 aliphatic carbocycles. The second-order valence-corrected chi connectivity index (χ2v) is 6.07. The van der Waals surface area contributed by atoms with Gasteiger partial charge in [-0.25, -0.2) is 0 Å². The number of aryl methyl sites for hydroxylation is 1. The highest BCUT2D eigenvalue weighted by atomic mass is 35.5. The Morgan fingerprint density at radius 2 is 2.09 bits per heavy atom.